The maximum absolute atomic E-state index is 13.1. The predicted octanol–water partition coefficient (Wildman–Crippen LogP) is 3.69. The lowest BCUT2D eigenvalue weighted by Crippen LogP contribution is -2.15. The Hall–Kier alpha value is -2.14. The number of amides is 1. The van der Waals surface area contributed by atoms with Crippen LogP contribution in [0.2, 0.25) is 5.02 Å². The van der Waals surface area contributed by atoms with Gasteiger partial charge in [-0.3, -0.25) is 4.79 Å². The molecule has 0 saturated heterocycles. The van der Waals surface area contributed by atoms with Crippen LogP contribution in [0.1, 0.15) is 11.1 Å². The molecule has 21 heavy (non-hydrogen) atoms. The van der Waals surface area contributed by atoms with Crippen molar-refractivity contribution in [2.24, 2.45) is 0 Å². The van der Waals surface area contributed by atoms with Crippen LogP contribution in [0.25, 0.3) is 0 Å². The highest BCUT2D eigenvalue weighted by Gasteiger charge is 2.10. The van der Waals surface area contributed by atoms with E-state index in [2.05, 4.69) is 5.32 Å². The topological polar surface area (TPSA) is 55.1 Å². The molecule has 0 aliphatic carbocycles. The van der Waals surface area contributed by atoms with Gasteiger partial charge in [0.25, 0.3) is 0 Å². The van der Waals surface area contributed by atoms with Gasteiger partial charge in [0.05, 0.1) is 17.1 Å². The fourth-order valence-electron chi connectivity index (χ4n) is 1.87. The molecular weight excluding hydrogens is 298 g/mol. The lowest BCUT2D eigenvalue weighted by Gasteiger charge is -2.10. The minimum Gasteiger partial charge on any atom is -0.398 e. The summed E-state index contributed by atoms with van der Waals surface area (Å²) in [5, 5.41) is 3.00. The zero-order valence-electron chi connectivity index (χ0n) is 11.2. The molecule has 0 aliphatic rings. The molecule has 0 aliphatic heterocycles. The van der Waals surface area contributed by atoms with E-state index in [4.69, 9.17) is 17.3 Å². The van der Waals surface area contributed by atoms with E-state index < -0.39 is 11.6 Å². The van der Waals surface area contributed by atoms with E-state index >= 15 is 0 Å². The van der Waals surface area contributed by atoms with Crippen molar-refractivity contribution in [3.8, 4) is 0 Å². The minimum atomic E-state index is -0.980. The van der Waals surface area contributed by atoms with Gasteiger partial charge in [0.15, 0.2) is 11.6 Å². The van der Waals surface area contributed by atoms with Crippen LogP contribution in [0.15, 0.2) is 30.3 Å². The highest BCUT2D eigenvalue weighted by atomic mass is 35.5. The van der Waals surface area contributed by atoms with Crippen molar-refractivity contribution in [1.82, 2.24) is 0 Å². The molecule has 6 heteroatoms. The van der Waals surface area contributed by atoms with Crippen molar-refractivity contribution in [2.45, 2.75) is 13.3 Å². The van der Waals surface area contributed by atoms with Gasteiger partial charge in [0.2, 0.25) is 5.91 Å². The number of halogens is 3. The van der Waals surface area contributed by atoms with Crippen molar-refractivity contribution in [3.05, 3.63) is 58.1 Å². The highest BCUT2D eigenvalue weighted by Crippen LogP contribution is 2.26. The SMILES string of the molecule is Cc1cc(N)c(Cl)cc1NC(=O)Cc1ccc(F)c(F)c1. The van der Waals surface area contributed by atoms with E-state index in [1.807, 2.05) is 0 Å². The zero-order chi connectivity index (χ0) is 15.6. The standard InChI is InChI=1S/C15H13ClF2N2O/c1-8-4-13(19)10(16)7-14(8)20-15(21)6-9-2-3-11(17)12(18)5-9/h2-5,7H,6,19H2,1H3,(H,20,21). The number of anilines is 2. The van der Waals surface area contributed by atoms with E-state index in [0.29, 0.717) is 22.0 Å². The Balaban J connectivity index is 2.11. The molecule has 0 radical (unpaired) electrons. The molecule has 0 fully saturated rings. The Labute approximate surface area is 125 Å². The highest BCUT2D eigenvalue weighted by molar-refractivity contribution is 6.33. The fraction of sp³-hybridized carbons (Fsp3) is 0.133. The molecule has 0 atom stereocenters. The maximum atomic E-state index is 13.1. The Kier molecular flexibility index (Phi) is 4.43. The molecule has 3 nitrogen and oxygen atoms in total. The third-order valence-electron chi connectivity index (χ3n) is 2.97. The largest absolute Gasteiger partial charge is 0.398 e. The maximum Gasteiger partial charge on any atom is 0.228 e. The number of aryl methyl sites for hydroxylation is 1. The van der Waals surface area contributed by atoms with Gasteiger partial charge in [-0.05, 0) is 42.3 Å². The van der Waals surface area contributed by atoms with Gasteiger partial charge >= 0.3 is 0 Å². The molecule has 1 amide bonds. The van der Waals surface area contributed by atoms with Gasteiger partial charge in [-0.2, -0.15) is 0 Å². The Morgan fingerprint density at radius 1 is 1.24 bits per heavy atom. The van der Waals surface area contributed by atoms with Crippen LogP contribution in [-0.2, 0) is 11.2 Å². The van der Waals surface area contributed by atoms with Crippen LogP contribution < -0.4 is 11.1 Å². The Morgan fingerprint density at radius 3 is 2.62 bits per heavy atom. The molecule has 0 bridgehead atoms. The number of hydrogen-bond donors (Lipinski definition) is 2. The first-order valence-electron chi connectivity index (χ1n) is 6.16. The van der Waals surface area contributed by atoms with Gasteiger partial charge < -0.3 is 11.1 Å². The number of hydrogen-bond acceptors (Lipinski definition) is 2. The molecule has 0 spiro atoms. The van der Waals surface area contributed by atoms with Crippen LogP contribution in [0.3, 0.4) is 0 Å². The van der Waals surface area contributed by atoms with Gasteiger partial charge in [-0.15, -0.1) is 0 Å². The molecule has 0 heterocycles. The number of benzene rings is 2. The predicted molar refractivity (Wildman–Crippen MR) is 79.3 cm³/mol. The second kappa shape index (κ2) is 6.10. The summed E-state index contributed by atoms with van der Waals surface area (Å²) < 4.78 is 25.9. The van der Waals surface area contributed by atoms with Crippen LogP contribution in [0.5, 0.6) is 0 Å². The number of carbonyl (C=O) groups is 1. The van der Waals surface area contributed by atoms with E-state index in [0.717, 1.165) is 17.7 Å². The fourth-order valence-corrected chi connectivity index (χ4v) is 2.03. The normalized spacial score (nSPS) is 10.5. The minimum absolute atomic E-state index is 0.0708. The number of nitrogens with one attached hydrogen (secondary N) is 1. The summed E-state index contributed by atoms with van der Waals surface area (Å²) in [6.07, 6.45) is -0.0708. The van der Waals surface area contributed by atoms with E-state index in [9.17, 15) is 13.6 Å². The second-order valence-corrected chi connectivity index (χ2v) is 5.07. The molecular formula is C15H13ClF2N2O. The molecule has 2 aromatic carbocycles. The van der Waals surface area contributed by atoms with Gasteiger partial charge in [0, 0.05) is 5.69 Å². The average Bonchev–Trinajstić information content (AvgIpc) is 2.40. The van der Waals surface area contributed by atoms with Crippen molar-refractivity contribution < 1.29 is 13.6 Å². The van der Waals surface area contributed by atoms with Crippen molar-refractivity contribution in [3.63, 3.8) is 0 Å². The zero-order valence-corrected chi connectivity index (χ0v) is 12.0. The first kappa shape index (κ1) is 15.3. The lowest BCUT2D eigenvalue weighted by molar-refractivity contribution is -0.115. The molecule has 0 unspecified atom stereocenters. The summed E-state index contributed by atoms with van der Waals surface area (Å²) in [5.74, 6) is -2.28. The molecule has 2 rings (SSSR count). The molecule has 0 aromatic heterocycles. The number of nitrogen functional groups attached to an aromatic ring is 1. The molecule has 0 saturated carbocycles. The summed E-state index contributed by atoms with van der Waals surface area (Å²) in [6, 6.07) is 6.55. The van der Waals surface area contributed by atoms with Gasteiger partial charge in [0.1, 0.15) is 0 Å². The average molecular weight is 311 g/mol. The number of nitrogens with two attached hydrogens (primary N) is 1. The van der Waals surface area contributed by atoms with Crippen molar-refractivity contribution in [2.75, 3.05) is 11.1 Å². The third-order valence-corrected chi connectivity index (χ3v) is 3.29. The smallest absolute Gasteiger partial charge is 0.228 e. The number of rotatable bonds is 3. The Bertz CT molecular complexity index is 704. The third kappa shape index (κ3) is 3.70. The Morgan fingerprint density at radius 2 is 1.95 bits per heavy atom. The number of carbonyl (C=O) groups excluding carboxylic acids is 1. The molecule has 3 N–H and O–H groups in total. The van der Waals surface area contributed by atoms with Gasteiger partial charge in [-0.1, -0.05) is 17.7 Å². The van der Waals surface area contributed by atoms with Crippen LogP contribution in [-0.4, -0.2) is 5.91 Å². The summed E-state index contributed by atoms with van der Waals surface area (Å²) in [6.45, 7) is 1.78. The van der Waals surface area contributed by atoms with Crippen LogP contribution in [0, 0.1) is 18.6 Å². The first-order valence-corrected chi connectivity index (χ1v) is 6.54. The van der Waals surface area contributed by atoms with Crippen molar-refractivity contribution >= 4 is 28.9 Å². The van der Waals surface area contributed by atoms with Crippen LogP contribution >= 0.6 is 11.6 Å². The summed E-state index contributed by atoms with van der Waals surface area (Å²) in [5.41, 5.74) is 7.75. The van der Waals surface area contributed by atoms with E-state index in [1.54, 1.807) is 19.1 Å². The summed E-state index contributed by atoms with van der Waals surface area (Å²) in [7, 11) is 0. The quantitative estimate of drug-likeness (QED) is 0.850. The first-order chi connectivity index (χ1) is 9.86. The second-order valence-electron chi connectivity index (χ2n) is 4.66. The van der Waals surface area contributed by atoms with Gasteiger partial charge in [-0.25, -0.2) is 8.78 Å². The molecule has 2 aromatic rings. The monoisotopic (exact) mass is 310 g/mol. The lowest BCUT2D eigenvalue weighted by atomic mass is 10.1. The van der Waals surface area contributed by atoms with Crippen LogP contribution in [0.4, 0.5) is 20.2 Å². The van der Waals surface area contributed by atoms with E-state index in [1.165, 1.54) is 6.07 Å². The van der Waals surface area contributed by atoms with E-state index in [-0.39, 0.29) is 12.3 Å². The summed E-state index contributed by atoms with van der Waals surface area (Å²) in [4.78, 5) is 11.9. The summed E-state index contributed by atoms with van der Waals surface area (Å²) >= 11 is 5.90. The van der Waals surface area contributed by atoms with Crippen molar-refractivity contribution in [1.29, 1.82) is 0 Å². The molecule has 110 valence electrons.